The molecule has 2 N–H and O–H groups in total. The van der Waals surface area contributed by atoms with Gasteiger partial charge in [-0.25, -0.2) is 10.1 Å². The lowest BCUT2D eigenvalue weighted by molar-refractivity contribution is 0.179. The van der Waals surface area contributed by atoms with Crippen LogP contribution in [0.15, 0.2) is 15.5 Å². The molecular weight excluding hydrogens is 274 g/mol. The molecule has 1 aromatic rings. The third kappa shape index (κ3) is 2.60. The zero-order valence-electron chi connectivity index (χ0n) is 9.03. The Morgan fingerprint density at radius 2 is 2.12 bits per heavy atom. The molecule has 0 amide bonds. The molecule has 0 bridgehead atoms. The number of hydrogen-bond acceptors (Lipinski definition) is 5. The van der Waals surface area contributed by atoms with Crippen LogP contribution in [-0.4, -0.2) is 53.3 Å². The molecule has 0 saturated carbocycles. The number of anilines is 1. The van der Waals surface area contributed by atoms with Crippen LogP contribution in [0.5, 0.6) is 0 Å². The molecule has 0 atom stereocenters. The Labute approximate surface area is 102 Å². The largest absolute Gasteiger partial charge is 0.316 e. The fourth-order valence-electron chi connectivity index (χ4n) is 1.55. The Balaban J connectivity index is 2.04. The third-order valence-electron chi connectivity index (χ3n) is 2.58. The number of aromatic nitrogens is 2. The van der Waals surface area contributed by atoms with Gasteiger partial charge in [0.25, 0.3) is 5.56 Å². The van der Waals surface area contributed by atoms with Crippen molar-refractivity contribution in [2.45, 2.75) is 0 Å². The van der Waals surface area contributed by atoms with Crippen molar-refractivity contribution < 1.29 is 0 Å². The van der Waals surface area contributed by atoms with Gasteiger partial charge in [0.05, 0.1) is 11.9 Å². The normalized spacial score (nSPS) is 18.6. The number of nitrogens with zero attached hydrogens (tertiary/aromatic N) is 3. The highest BCUT2D eigenvalue weighted by Crippen LogP contribution is 2.16. The Hall–Kier alpha value is -0.920. The Bertz CT molecular complexity index is 413. The number of H-pyrrole nitrogens is 1. The van der Waals surface area contributed by atoms with Crippen LogP contribution in [0.1, 0.15) is 0 Å². The second-order valence-corrected chi connectivity index (χ2v) is 4.62. The van der Waals surface area contributed by atoms with E-state index in [0.717, 1.165) is 26.2 Å². The first-order valence-electron chi connectivity index (χ1n) is 5.10. The van der Waals surface area contributed by atoms with Crippen LogP contribution in [0.25, 0.3) is 0 Å². The average molecular weight is 288 g/mol. The molecule has 0 unspecified atom stereocenters. The van der Waals surface area contributed by atoms with Crippen LogP contribution in [0, 0.1) is 0 Å². The zero-order chi connectivity index (χ0) is 11.5. The molecule has 16 heavy (non-hydrogen) atoms. The van der Waals surface area contributed by atoms with Crippen LogP contribution in [0.2, 0.25) is 0 Å². The van der Waals surface area contributed by atoms with Crippen molar-refractivity contribution in [2.75, 3.05) is 38.7 Å². The molecule has 0 spiro atoms. The highest BCUT2D eigenvalue weighted by atomic mass is 79.9. The smallest absolute Gasteiger partial charge is 0.280 e. The van der Waals surface area contributed by atoms with E-state index in [2.05, 4.69) is 48.5 Å². The van der Waals surface area contributed by atoms with E-state index in [1.807, 2.05) is 0 Å². The van der Waals surface area contributed by atoms with Crippen molar-refractivity contribution in [2.24, 2.45) is 0 Å². The van der Waals surface area contributed by atoms with Crippen molar-refractivity contribution in [3.63, 3.8) is 0 Å². The van der Waals surface area contributed by atoms with Crippen molar-refractivity contribution in [1.29, 1.82) is 0 Å². The molecule has 2 heterocycles. The lowest BCUT2D eigenvalue weighted by Gasteiger charge is -2.33. The minimum absolute atomic E-state index is 0.223. The van der Waals surface area contributed by atoms with Crippen molar-refractivity contribution in [3.05, 3.63) is 21.0 Å². The maximum absolute atomic E-state index is 11.3. The van der Waals surface area contributed by atoms with Gasteiger partial charge in [0.15, 0.2) is 0 Å². The van der Waals surface area contributed by atoms with Gasteiger partial charge in [-0.15, -0.1) is 0 Å². The quantitative estimate of drug-likeness (QED) is 0.808. The molecule has 1 aromatic heterocycles. The van der Waals surface area contributed by atoms with E-state index < -0.39 is 0 Å². The summed E-state index contributed by atoms with van der Waals surface area (Å²) in [6, 6.07) is 0. The zero-order valence-corrected chi connectivity index (χ0v) is 10.6. The first-order valence-corrected chi connectivity index (χ1v) is 5.89. The van der Waals surface area contributed by atoms with E-state index in [9.17, 15) is 4.79 Å². The van der Waals surface area contributed by atoms with Gasteiger partial charge in [-0.1, -0.05) is 0 Å². The number of halogens is 1. The SMILES string of the molecule is CN1CCN(Nc2cn[nH]c(=O)c2Br)CC1. The lowest BCUT2D eigenvalue weighted by atomic mass is 10.4. The number of hydrazine groups is 1. The first kappa shape index (κ1) is 11.6. The fourth-order valence-corrected chi connectivity index (χ4v) is 1.83. The maximum atomic E-state index is 11.3. The van der Waals surface area contributed by atoms with Crippen LogP contribution >= 0.6 is 15.9 Å². The molecule has 1 saturated heterocycles. The average Bonchev–Trinajstić information content (AvgIpc) is 2.28. The van der Waals surface area contributed by atoms with E-state index in [4.69, 9.17) is 0 Å². The van der Waals surface area contributed by atoms with E-state index in [1.165, 1.54) is 0 Å². The molecule has 1 aliphatic heterocycles. The molecular formula is C9H14BrN5O. The summed E-state index contributed by atoms with van der Waals surface area (Å²) in [6.07, 6.45) is 1.60. The monoisotopic (exact) mass is 287 g/mol. The Kier molecular flexibility index (Phi) is 3.57. The second-order valence-electron chi connectivity index (χ2n) is 3.83. The molecule has 1 aliphatic rings. The lowest BCUT2D eigenvalue weighted by Crippen LogP contribution is -2.47. The summed E-state index contributed by atoms with van der Waals surface area (Å²) >= 11 is 3.24. The molecule has 0 aliphatic carbocycles. The van der Waals surface area contributed by atoms with Gasteiger partial charge >= 0.3 is 0 Å². The summed E-state index contributed by atoms with van der Waals surface area (Å²) in [5, 5.41) is 8.21. The number of nitrogens with one attached hydrogen (secondary N) is 2. The summed E-state index contributed by atoms with van der Waals surface area (Å²) in [5.74, 6) is 0. The number of piperazine rings is 1. The van der Waals surface area contributed by atoms with Gasteiger partial charge in [-0.3, -0.25) is 4.79 Å². The predicted octanol–water partition coefficient (Wildman–Crippen LogP) is 0.107. The first-order chi connectivity index (χ1) is 7.66. The Morgan fingerprint density at radius 1 is 1.44 bits per heavy atom. The van der Waals surface area contributed by atoms with E-state index in [1.54, 1.807) is 6.20 Å². The van der Waals surface area contributed by atoms with Crippen LogP contribution in [-0.2, 0) is 0 Å². The van der Waals surface area contributed by atoms with Crippen molar-refractivity contribution in [1.82, 2.24) is 20.1 Å². The molecule has 6 nitrogen and oxygen atoms in total. The third-order valence-corrected chi connectivity index (χ3v) is 3.36. The molecule has 0 aromatic carbocycles. The number of aromatic amines is 1. The summed E-state index contributed by atoms with van der Waals surface area (Å²) < 4.78 is 0.487. The minimum Gasteiger partial charge on any atom is -0.316 e. The van der Waals surface area contributed by atoms with Gasteiger partial charge in [0, 0.05) is 26.2 Å². The van der Waals surface area contributed by atoms with Crippen LogP contribution in [0.3, 0.4) is 0 Å². The van der Waals surface area contributed by atoms with E-state index in [-0.39, 0.29) is 5.56 Å². The molecule has 88 valence electrons. The van der Waals surface area contributed by atoms with Crippen molar-refractivity contribution in [3.8, 4) is 0 Å². The van der Waals surface area contributed by atoms with Gasteiger partial charge in [-0.2, -0.15) is 5.10 Å². The van der Waals surface area contributed by atoms with Crippen LogP contribution in [0.4, 0.5) is 5.69 Å². The topological polar surface area (TPSA) is 64.3 Å². The highest BCUT2D eigenvalue weighted by molar-refractivity contribution is 9.10. The molecule has 1 fully saturated rings. The Morgan fingerprint density at radius 3 is 2.81 bits per heavy atom. The van der Waals surface area contributed by atoms with Gasteiger partial charge in [0.2, 0.25) is 0 Å². The van der Waals surface area contributed by atoms with Gasteiger partial charge in [-0.05, 0) is 23.0 Å². The molecule has 2 rings (SSSR count). The summed E-state index contributed by atoms with van der Waals surface area (Å²) in [6.45, 7) is 3.88. The fraction of sp³-hybridized carbons (Fsp3) is 0.556. The number of rotatable bonds is 2. The summed E-state index contributed by atoms with van der Waals surface area (Å²) in [7, 11) is 2.10. The van der Waals surface area contributed by atoms with Gasteiger partial charge in [0.1, 0.15) is 4.47 Å². The highest BCUT2D eigenvalue weighted by Gasteiger charge is 2.15. The van der Waals surface area contributed by atoms with Crippen LogP contribution < -0.4 is 11.0 Å². The van der Waals surface area contributed by atoms with E-state index in [0.29, 0.717) is 10.2 Å². The molecule has 0 radical (unpaired) electrons. The minimum atomic E-state index is -0.223. The summed E-state index contributed by atoms with van der Waals surface area (Å²) in [4.78, 5) is 13.6. The number of hydrogen-bond donors (Lipinski definition) is 2. The van der Waals surface area contributed by atoms with E-state index >= 15 is 0 Å². The predicted molar refractivity (Wildman–Crippen MR) is 65.3 cm³/mol. The molecule has 7 heteroatoms. The van der Waals surface area contributed by atoms with Gasteiger partial charge < -0.3 is 10.3 Å². The summed E-state index contributed by atoms with van der Waals surface area (Å²) in [5.41, 5.74) is 3.67. The standard InChI is InChI=1S/C9H14BrN5O/c1-14-2-4-15(5-3-14)13-7-6-11-12-9(16)8(7)10/h6H,2-5H2,1H3,(H2,12,13,16). The van der Waals surface area contributed by atoms with Crippen molar-refractivity contribution >= 4 is 21.6 Å². The second kappa shape index (κ2) is 4.94. The maximum Gasteiger partial charge on any atom is 0.280 e. The number of likely N-dealkylation sites (N-methyl/N-ethyl adjacent to an activating group) is 1.